The second-order valence-corrected chi connectivity index (χ2v) is 4.71. The molecule has 3 nitrogen and oxygen atoms in total. The average Bonchev–Trinajstić information content (AvgIpc) is 2.18. The minimum atomic E-state index is 0.332. The SMILES string of the molecule is CC(C)CC(=O)CCOC1CCNCC1. The van der Waals surface area contributed by atoms with Crippen LogP contribution < -0.4 is 5.32 Å². The summed E-state index contributed by atoms with van der Waals surface area (Å²) < 4.78 is 5.67. The van der Waals surface area contributed by atoms with Crippen LogP contribution in [0.3, 0.4) is 0 Å². The number of Topliss-reactive ketones (excluding diaryl/α,β-unsaturated/α-hetero) is 1. The van der Waals surface area contributed by atoms with E-state index in [1.54, 1.807) is 0 Å². The van der Waals surface area contributed by atoms with Crippen LogP contribution in [-0.4, -0.2) is 31.6 Å². The van der Waals surface area contributed by atoms with Crippen LogP contribution in [0.1, 0.15) is 39.5 Å². The third-order valence-corrected chi connectivity index (χ3v) is 2.66. The molecule has 1 aliphatic rings. The van der Waals surface area contributed by atoms with Gasteiger partial charge in [0.15, 0.2) is 0 Å². The lowest BCUT2D eigenvalue weighted by Crippen LogP contribution is -2.32. The molecule has 1 heterocycles. The van der Waals surface area contributed by atoms with E-state index in [-0.39, 0.29) is 0 Å². The number of carbonyl (C=O) groups is 1. The van der Waals surface area contributed by atoms with E-state index in [0.29, 0.717) is 37.3 Å². The van der Waals surface area contributed by atoms with Crippen molar-refractivity contribution >= 4 is 5.78 Å². The first-order valence-corrected chi connectivity index (χ1v) is 6.02. The van der Waals surface area contributed by atoms with Crippen molar-refractivity contribution < 1.29 is 9.53 Å². The lowest BCUT2D eigenvalue weighted by Gasteiger charge is -2.22. The fraction of sp³-hybridized carbons (Fsp3) is 0.917. The van der Waals surface area contributed by atoms with Crippen molar-refractivity contribution in [2.75, 3.05) is 19.7 Å². The molecule has 0 radical (unpaired) electrons. The zero-order chi connectivity index (χ0) is 11.1. The van der Waals surface area contributed by atoms with Gasteiger partial charge >= 0.3 is 0 Å². The molecular formula is C12H23NO2. The molecule has 1 aliphatic heterocycles. The molecule has 0 aliphatic carbocycles. The van der Waals surface area contributed by atoms with Crippen molar-refractivity contribution in [2.24, 2.45) is 5.92 Å². The van der Waals surface area contributed by atoms with Gasteiger partial charge in [0.2, 0.25) is 0 Å². The molecule has 0 spiro atoms. The maximum absolute atomic E-state index is 11.4. The van der Waals surface area contributed by atoms with Crippen molar-refractivity contribution in [2.45, 2.75) is 45.6 Å². The largest absolute Gasteiger partial charge is 0.378 e. The standard InChI is InChI=1S/C12H23NO2/c1-10(2)9-11(14)5-8-15-12-3-6-13-7-4-12/h10,12-13H,3-9H2,1-2H3. The molecule has 0 aromatic carbocycles. The molecule has 0 aromatic rings. The Hall–Kier alpha value is -0.410. The highest BCUT2D eigenvalue weighted by Crippen LogP contribution is 2.08. The Balaban J connectivity index is 2.02. The maximum atomic E-state index is 11.4. The number of nitrogens with one attached hydrogen (secondary N) is 1. The van der Waals surface area contributed by atoms with E-state index in [4.69, 9.17) is 4.74 Å². The van der Waals surface area contributed by atoms with Crippen LogP contribution in [0, 0.1) is 5.92 Å². The van der Waals surface area contributed by atoms with E-state index in [1.165, 1.54) is 0 Å². The van der Waals surface area contributed by atoms with Gasteiger partial charge in [0.05, 0.1) is 12.7 Å². The molecule has 0 aromatic heterocycles. The quantitative estimate of drug-likeness (QED) is 0.730. The first-order chi connectivity index (χ1) is 7.18. The average molecular weight is 213 g/mol. The lowest BCUT2D eigenvalue weighted by molar-refractivity contribution is -0.121. The topological polar surface area (TPSA) is 38.3 Å². The van der Waals surface area contributed by atoms with Gasteiger partial charge in [0.1, 0.15) is 5.78 Å². The predicted molar refractivity (Wildman–Crippen MR) is 60.9 cm³/mol. The zero-order valence-electron chi connectivity index (χ0n) is 9.92. The zero-order valence-corrected chi connectivity index (χ0v) is 9.92. The van der Waals surface area contributed by atoms with E-state index in [9.17, 15) is 4.79 Å². The molecule has 1 saturated heterocycles. The third kappa shape index (κ3) is 5.90. The Kier molecular flexibility index (Phi) is 5.88. The molecule has 1 rings (SSSR count). The summed E-state index contributed by atoms with van der Waals surface area (Å²) in [6.45, 7) is 6.85. The normalized spacial score (nSPS) is 18.3. The van der Waals surface area contributed by atoms with Gasteiger partial charge in [-0.05, 0) is 31.8 Å². The third-order valence-electron chi connectivity index (χ3n) is 2.66. The Morgan fingerprint density at radius 2 is 2.07 bits per heavy atom. The Morgan fingerprint density at radius 3 is 2.67 bits per heavy atom. The van der Waals surface area contributed by atoms with Gasteiger partial charge in [0.25, 0.3) is 0 Å². The number of carbonyl (C=O) groups excluding carboxylic acids is 1. The number of hydrogen-bond acceptors (Lipinski definition) is 3. The Bertz CT molecular complexity index is 186. The minimum Gasteiger partial charge on any atom is -0.378 e. The summed E-state index contributed by atoms with van der Waals surface area (Å²) >= 11 is 0. The van der Waals surface area contributed by atoms with Crippen molar-refractivity contribution in [1.29, 1.82) is 0 Å². The van der Waals surface area contributed by atoms with Gasteiger partial charge in [-0.2, -0.15) is 0 Å². The fourth-order valence-electron chi connectivity index (χ4n) is 1.86. The summed E-state index contributed by atoms with van der Waals surface area (Å²) in [6.07, 6.45) is 3.81. The van der Waals surface area contributed by atoms with Crippen molar-refractivity contribution in [3.63, 3.8) is 0 Å². The van der Waals surface area contributed by atoms with Crippen molar-refractivity contribution in [1.82, 2.24) is 5.32 Å². The van der Waals surface area contributed by atoms with E-state index in [1.807, 2.05) is 0 Å². The molecule has 0 amide bonds. The van der Waals surface area contributed by atoms with Gasteiger partial charge in [-0.1, -0.05) is 13.8 Å². The van der Waals surface area contributed by atoms with Gasteiger partial charge in [0, 0.05) is 12.8 Å². The van der Waals surface area contributed by atoms with E-state index >= 15 is 0 Å². The van der Waals surface area contributed by atoms with Crippen LogP contribution in [0.4, 0.5) is 0 Å². The molecule has 0 bridgehead atoms. The summed E-state index contributed by atoms with van der Waals surface area (Å²) in [7, 11) is 0. The molecule has 1 fully saturated rings. The van der Waals surface area contributed by atoms with Crippen molar-refractivity contribution in [3.8, 4) is 0 Å². The van der Waals surface area contributed by atoms with Gasteiger partial charge in [-0.15, -0.1) is 0 Å². The summed E-state index contributed by atoms with van der Waals surface area (Å²) in [6, 6.07) is 0. The molecule has 1 N–H and O–H groups in total. The van der Waals surface area contributed by atoms with Crippen molar-refractivity contribution in [3.05, 3.63) is 0 Å². The molecule has 0 unspecified atom stereocenters. The number of rotatable bonds is 6. The van der Waals surface area contributed by atoms with E-state index in [0.717, 1.165) is 25.9 Å². The van der Waals surface area contributed by atoms with Gasteiger partial charge in [-0.3, -0.25) is 4.79 Å². The number of hydrogen-bond donors (Lipinski definition) is 1. The second-order valence-electron chi connectivity index (χ2n) is 4.71. The number of ether oxygens (including phenoxy) is 1. The lowest BCUT2D eigenvalue weighted by atomic mass is 10.1. The van der Waals surface area contributed by atoms with Gasteiger partial charge in [-0.25, -0.2) is 0 Å². The van der Waals surface area contributed by atoms with Gasteiger partial charge < -0.3 is 10.1 Å². The fourth-order valence-corrected chi connectivity index (χ4v) is 1.86. The van der Waals surface area contributed by atoms with Crippen LogP contribution in [-0.2, 0) is 9.53 Å². The highest BCUT2D eigenvalue weighted by atomic mass is 16.5. The van der Waals surface area contributed by atoms with Crippen LogP contribution in [0.2, 0.25) is 0 Å². The predicted octanol–water partition coefficient (Wildman–Crippen LogP) is 1.76. The highest BCUT2D eigenvalue weighted by molar-refractivity contribution is 5.78. The van der Waals surface area contributed by atoms with E-state index < -0.39 is 0 Å². The molecule has 15 heavy (non-hydrogen) atoms. The highest BCUT2D eigenvalue weighted by Gasteiger charge is 2.13. The van der Waals surface area contributed by atoms with Crippen LogP contribution in [0.15, 0.2) is 0 Å². The molecule has 0 atom stereocenters. The summed E-state index contributed by atoms with van der Waals surface area (Å²) in [4.78, 5) is 11.4. The molecule has 88 valence electrons. The molecular weight excluding hydrogens is 190 g/mol. The van der Waals surface area contributed by atoms with Crippen LogP contribution >= 0.6 is 0 Å². The second kappa shape index (κ2) is 6.96. The Morgan fingerprint density at radius 1 is 1.40 bits per heavy atom. The first-order valence-electron chi connectivity index (χ1n) is 6.02. The smallest absolute Gasteiger partial charge is 0.135 e. The van der Waals surface area contributed by atoms with Crippen LogP contribution in [0.5, 0.6) is 0 Å². The minimum absolute atomic E-state index is 0.332. The molecule has 0 saturated carbocycles. The monoisotopic (exact) mass is 213 g/mol. The summed E-state index contributed by atoms with van der Waals surface area (Å²) in [5, 5.41) is 3.29. The Labute approximate surface area is 92.6 Å². The number of piperidine rings is 1. The van der Waals surface area contributed by atoms with E-state index in [2.05, 4.69) is 19.2 Å². The maximum Gasteiger partial charge on any atom is 0.135 e. The summed E-state index contributed by atoms with van der Waals surface area (Å²) in [5.41, 5.74) is 0. The molecule has 3 heteroatoms. The first kappa shape index (κ1) is 12.7. The van der Waals surface area contributed by atoms with Crippen LogP contribution in [0.25, 0.3) is 0 Å². The number of ketones is 1. The summed E-state index contributed by atoms with van der Waals surface area (Å²) in [5.74, 6) is 0.801.